The van der Waals surface area contributed by atoms with Crippen molar-refractivity contribution in [2.24, 2.45) is 5.73 Å². The Balaban J connectivity index is 2.15. The molecular weight excluding hydrogens is 224 g/mol. The summed E-state index contributed by atoms with van der Waals surface area (Å²) >= 11 is 0. The Morgan fingerprint density at radius 3 is 2.94 bits per heavy atom. The third kappa shape index (κ3) is 3.43. The van der Waals surface area contributed by atoms with Crippen LogP contribution in [0.3, 0.4) is 0 Å². The summed E-state index contributed by atoms with van der Waals surface area (Å²) in [5, 5.41) is 0. The van der Waals surface area contributed by atoms with Gasteiger partial charge in [0.05, 0.1) is 0 Å². The second-order valence-corrected chi connectivity index (χ2v) is 5.31. The number of nitrogens with two attached hydrogens (primary N) is 1. The van der Waals surface area contributed by atoms with Crippen LogP contribution in [0.5, 0.6) is 0 Å². The van der Waals surface area contributed by atoms with Crippen molar-refractivity contribution in [2.45, 2.75) is 25.8 Å². The van der Waals surface area contributed by atoms with Gasteiger partial charge in [0.2, 0.25) is 0 Å². The smallest absolute Gasteiger partial charge is 0.131 e. The number of rotatable bonds is 3. The van der Waals surface area contributed by atoms with E-state index in [9.17, 15) is 0 Å². The van der Waals surface area contributed by atoms with E-state index in [2.05, 4.69) is 27.9 Å². The van der Waals surface area contributed by atoms with Gasteiger partial charge in [0, 0.05) is 31.9 Å². The van der Waals surface area contributed by atoms with E-state index in [1.165, 1.54) is 18.5 Å². The number of nitrogens with zero attached hydrogens (tertiary/aromatic N) is 3. The Morgan fingerprint density at radius 1 is 1.33 bits per heavy atom. The van der Waals surface area contributed by atoms with Gasteiger partial charge in [-0.15, -0.1) is 0 Å². The summed E-state index contributed by atoms with van der Waals surface area (Å²) in [6, 6.07) is 4.34. The average Bonchev–Trinajstić information content (AvgIpc) is 2.54. The molecule has 1 saturated heterocycles. The minimum Gasteiger partial charge on any atom is -0.355 e. The summed E-state index contributed by atoms with van der Waals surface area (Å²) in [4.78, 5) is 9.36. The monoisotopic (exact) mass is 248 g/mol. The first kappa shape index (κ1) is 13.3. The predicted octanol–water partition coefficient (Wildman–Crippen LogP) is 1.11. The van der Waals surface area contributed by atoms with Crippen LogP contribution in [-0.2, 0) is 6.42 Å². The molecular formula is C14H24N4. The maximum atomic E-state index is 5.92. The lowest BCUT2D eigenvalue weighted by Crippen LogP contribution is -2.31. The van der Waals surface area contributed by atoms with E-state index in [1.54, 1.807) is 0 Å². The second-order valence-electron chi connectivity index (χ2n) is 5.31. The molecule has 0 spiro atoms. The Morgan fingerprint density at radius 2 is 2.17 bits per heavy atom. The van der Waals surface area contributed by atoms with Crippen molar-refractivity contribution < 1.29 is 0 Å². The lowest BCUT2D eigenvalue weighted by atomic mass is 10.1. The summed E-state index contributed by atoms with van der Waals surface area (Å²) in [7, 11) is 2.19. The third-order valence-electron chi connectivity index (χ3n) is 3.43. The first-order valence-electron chi connectivity index (χ1n) is 6.80. The number of aromatic nitrogens is 1. The van der Waals surface area contributed by atoms with Gasteiger partial charge in [0.25, 0.3) is 0 Å². The first-order chi connectivity index (χ1) is 8.66. The summed E-state index contributed by atoms with van der Waals surface area (Å²) in [6.07, 6.45) is 3.98. The number of anilines is 1. The average molecular weight is 248 g/mol. The van der Waals surface area contributed by atoms with Crippen LogP contribution in [0.2, 0.25) is 0 Å². The summed E-state index contributed by atoms with van der Waals surface area (Å²) in [6.45, 7) is 6.47. The molecule has 0 bridgehead atoms. The minimum atomic E-state index is 0.183. The molecule has 0 amide bonds. The highest BCUT2D eigenvalue weighted by molar-refractivity contribution is 5.47. The van der Waals surface area contributed by atoms with Crippen molar-refractivity contribution in [3.8, 4) is 0 Å². The molecule has 0 radical (unpaired) electrons. The number of pyridine rings is 1. The summed E-state index contributed by atoms with van der Waals surface area (Å²) < 4.78 is 0. The Hall–Kier alpha value is -1.13. The van der Waals surface area contributed by atoms with E-state index in [1.807, 2.05) is 19.2 Å². The Bertz CT molecular complexity index is 378. The lowest BCUT2D eigenvalue weighted by Gasteiger charge is -2.24. The predicted molar refractivity (Wildman–Crippen MR) is 75.9 cm³/mol. The molecule has 1 aromatic rings. The Labute approximate surface area is 110 Å². The van der Waals surface area contributed by atoms with Crippen LogP contribution < -0.4 is 10.6 Å². The van der Waals surface area contributed by atoms with Crippen LogP contribution in [-0.4, -0.2) is 49.2 Å². The summed E-state index contributed by atoms with van der Waals surface area (Å²) in [5.41, 5.74) is 7.20. The van der Waals surface area contributed by atoms with Crippen LogP contribution in [0.1, 0.15) is 18.9 Å². The van der Waals surface area contributed by atoms with Crippen molar-refractivity contribution >= 4 is 5.82 Å². The van der Waals surface area contributed by atoms with Gasteiger partial charge in [-0.3, -0.25) is 0 Å². The molecule has 1 atom stereocenters. The van der Waals surface area contributed by atoms with Crippen molar-refractivity contribution in [1.29, 1.82) is 0 Å². The summed E-state index contributed by atoms with van der Waals surface area (Å²) in [5.74, 6) is 1.13. The minimum absolute atomic E-state index is 0.183. The fourth-order valence-electron chi connectivity index (χ4n) is 2.48. The van der Waals surface area contributed by atoms with Gasteiger partial charge in [-0.1, -0.05) is 6.07 Å². The van der Waals surface area contributed by atoms with Crippen LogP contribution in [0.25, 0.3) is 0 Å². The maximum absolute atomic E-state index is 5.92. The largest absolute Gasteiger partial charge is 0.355 e. The number of likely N-dealkylation sites (N-methyl/N-ethyl adjacent to an activating group) is 1. The quantitative estimate of drug-likeness (QED) is 0.870. The zero-order valence-electron chi connectivity index (χ0n) is 11.5. The number of hydrogen-bond acceptors (Lipinski definition) is 4. The fraction of sp³-hybridized carbons (Fsp3) is 0.643. The molecule has 1 aromatic heterocycles. The molecule has 18 heavy (non-hydrogen) atoms. The molecule has 1 aliphatic heterocycles. The highest BCUT2D eigenvalue weighted by atomic mass is 15.2. The van der Waals surface area contributed by atoms with Crippen LogP contribution >= 0.6 is 0 Å². The molecule has 2 N–H and O–H groups in total. The van der Waals surface area contributed by atoms with Gasteiger partial charge in [-0.2, -0.15) is 0 Å². The molecule has 0 saturated carbocycles. The molecule has 100 valence electrons. The number of hydrogen-bond donors (Lipinski definition) is 1. The molecule has 0 aliphatic carbocycles. The highest BCUT2D eigenvalue weighted by Gasteiger charge is 2.16. The lowest BCUT2D eigenvalue weighted by molar-refractivity contribution is 0.360. The maximum Gasteiger partial charge on any atom is 0.131 e. The second kappa shape index (κ2) is 6.16. The van der Waals surface area contributed by atoms with Crippen LogP contribution in [0.15, 0.2) is 18.3 Å². The van der Waals surface area contributed by atoms with E-state index in [0.717, 1.165) is 31.9 Å². The standard InChI is InChI=1S/C14H24N4/c1-12(15)11-13-5-3-6-16-14(13)18-8-4-7-17(2)9-10-18/h3,5-6,12H,4,7-11,15H2,1-2H3. The van der Waals surface area contributed by atoms with Crippen molar-refractivity contribution in [3.05, 3.63) is 23.9 Å². The van der Waals surface area contributed by atoms with Gasteiger partial charge >= 0.3 is 0 Å². The molecule has 2 heterocycles. The third-order valence-corrected chi connectivity index (χ3v) is 3.43. The zero-order chi connectivity index (χ0) is 13.0. The zero-order valence-corrected chi connectivity index (χ0v) is 11.5. The Kier molecular flexibility index (Phi) is 4.55. The van der Waals surface area contributed by atoms with Gasteiger partial charge < -0.3 is 15.5 Å². The van der Waals surface area contributed by atoms with Crippen LogP contribution in [0.4, 0.5) is 5.82 Å². The van der Waals surface area contributed by atoms with Gasteiger partial charge in [0.1, 0.15) is 5.82 Å². The SMILES string of the molecule is CC(N)Cc1cccnc1N1CCCN(C)CC1. The van der Waals surface area contributed by atoms with E-state index in [0.29, 0.717) is 0 Å². The van der Waals surface area contributed by atoms with Gasteiger partial charge in [0.15, 0.2) is 0 Å². The molecule has 4 nitrogen and oxygen atoms in total. The van der Waals surface area contributed by atoms with E-state index >= 15 is 0 Å². The van der Waals surface area contributed by atoms with Crippen molar-refractivity contribution in [3.63, 3.8) is 0 Å². The molecule has 4 heteroatoms. The first-order valence-corrected chi connectivity index (χ1v) is 6.80. The molecule has 2 rings (SSSR count). The molecule has 1 unspecified atom stereocenters. The van der Waals surface area contributed by atoms with Gasteiger partial charge in [-0.25, -0.2) is 4.98 Å². The van der Waals surface area contributed by atoms with E-state index in [-0.39, 0.29) is 6.04 Å². The highest BCUT2D eigenvalue weighted by Crippen LogP contribution is 2.19. The molecule has 1 aliphatic rings. The topological polar surface area (TPSA) is 45.4 Å². The molecule has 0 aromatic carbocycles. The van der Waals surface area contributed by atoms with Crippen LogP contribution in [0, 0.1) is 0 Å². The van der Waals surface area contributed by atoms with E-state index < -0.39 is 0 Å². The van der Waals surface area contributed by atoms with Crippen molar-refractivity contribution in [2.75, 3.05) is 38.1 Å². The van der Waals surface area contributed by atoms with Gasteiger partial charge in [-0.05, 0) is 45.0 Å². The fourth-order valence-corrected chi connectivity index (χ4v) is 2.48. The normalized spacial score (nSPS) is 19.6. The molecule has 1 fully saturated rings. The van der Waals surface area contributed by atoms with Crippen molar-refractivity contribution in [1.82, 2.24) is 9.88 Å². The van der Waals surface area contributed by atoms with E-state index in [4.69, 9.17) is 5.73 Å².